The molecule has 0 saturated heterocycles. The smallest absolute Gasteiger partial charge is 0.0919 e. The number of nitrogens with one attached hydrogen (secondary N) is 1. The lowest BCUT2D eigenvalue weighted by Crippen LogP contribution is -1.57. The number of nitrogens with zero attached hydrogens (tertiary/aromatic N) is 1. The molecular formula is C5H11ClN2O. The van der Waals surface area contributed by atoms with Gasteiger partial charge in [-0.3, -0.25) is 0 Å². The van der Waals surface area contributed by atoms with E-state index in [2.05, 4.69) is 9.97 Å². The van der Waals surface area contributed by atoms with Crippen LogP contribution >= 0.6 is 12.4 Å². The van der Waals surface area contributed by atoms with Crippen molar-refractivity contribution in [1.82, 2.24) is 9.97 Å². The maximum Gasteiger partial charge on any atom is 0.0919 e. The number of hydrogen-bond acceptors (Lipinski definition) is 2. The normalized spacial score (nSPS) is 6.44. The van der Waals surface area contributed by atoms with Crippen molar-refractivity contribution in [3.8, 4) is 0 Å². The van der Waals surface area contributed by atoms with Gasteiger partial charge in [0.25, 0.3) is 0 Å². The van der Waals surface area contributed by atoms with Gasteiger partial charge in [-0.2, -0.15) is 0 Å². The van der Waals surface area contributed by atoms with E-state index in [9.17, 15) is 0 Å². The fraction of sp³-hybridized carbons (Fsp3) is 0.400. The molecule has 1 aromatic heterocycles. The third-order valence-corrected chi connectivity index (χ3v) is 0.406. The summed E-state index contributed by atoms with van der Waals surface area (Å²) in [5.41, 5.74) is 0. The lowest BCUT2D eigenvalue weighted by atomic mass is 10.9. The molecule has 9 heavy (non-hydrogen) atoms. The Bertz CT molecular complexity index is 81.9. The number of imidazole rings is 1. The first-order valence-corrected chi connectivity index (χ1v) is 2.45. The molecule has 0 atom stereocenters. The van der Waals surface area contributed by atoms with E-state index in [4.69, 9.17) is 5.11 Å². The van der Waals surface area contributed by atoms with Crippen molar-refractivity contribution in [2.24, 2.45) is 0 Å². The molecule has 54 valence electrons. The van der Waals surface area contributed by atoms with E-state index < -0.39 is 0 Å². The van der Waals surface area contributed by atoms with Crippen molar-refractivity contribution in [1.29, 1.82) is 0 Å². The van der Waals surface area contributed by atoms with E-state index >= 15 is 0 Å². The Hall–Kier alpha value is -0.540. The summed E-state index contributed by atoms with van der Waals surface area (Å²) in [6, 6.07) is 0. The van der Waals surface area contributed by atoms with Crippen LogP contribution in [0.3, 0.4) is 0 Å². The highest BCUT2D eigenvalue weighted by molar-refractivity contribution is 5.85. The van der Waals surface area contributed by atoms with Crippen LogP contribution in [0.5, 0.6) is 0 Å². The molecule has 0 radical (unpaired) electrons. The molecule has 0 aliphatic rings. The number of aromatic amines is 1. The molecule has 2 N–H and O–H groups in total. The highest BCUT2D eigenvalue weighted by Gasteiger charge is 1.56. The van der Waals surface area contributed by atoms with Gasteiger partial charge < -0.3 is 10.1 Å². The van der Waals surface area contributed by atoms with E-state index in [1.807, 2.05) is 0 Å². The average Bonchev–Trinajstić information content (AvgIpc) is 2.17. The van der Waals surface area contributed by atoms with Crippen LogP contribution in [0.2, 0.25) is 0 Å². The first-order chi connectivity index (χ1) is 3.91. The van der Waals surface area contributed by atoms with Gasteiger partial charge in [0.1, 0.15) is 0 Å². The van der Waals surface area contributed by atoms with Crippen molar-refractivity contribution in [2.75, 3.05) is 6.61 Å². The van der Waals surface area contributed by atoms with Crippen molar-refractivity contribution >= 4 is 12.4 Å². The quantitative estimate of drug-likeness (QED) is 0.576. The Morgan fingerprint density at radius 1 is 1.67 bits per heavy atom. The number of aromatic nitrogens is 2. The van der Waals surface area contributed by atoms with Gasteiger partial charge in [-0.1, -0.05) is 0 Å². The lowest BCUT2D eigenvalue weighted by molar-refractivity contribution is 0.318. The van der Waals surface area contributed by atoms with Gasteiger partial charge in [0.15, 0.2) is 0 Å². The SMILES string of the molecule is CCO.Cl.c1c[nH]cn1. The maximum absolute atomic E-state index is 7.57. The number of hydrogen-bond donors (Lipinski definition) is 2. The fourth-order valence-electron chi connectivity index (χ4n) is 0.215. The predicted molar refractivity (Wildman–Crippen MR) is 38.6 cm³/mol. The van der Waals surface area contributed by atoms with E-state index in [1.165, 1.54) is 0 Å². The summed E-state index contributed by atoms with van der Waals surface area (Å²) in [6.07, 6.45) is 5.08. The summed E-state index contributed by atoms with van der Waals surface area (Å²) >= 11 is 0. The largest absolute Gasteiger partial charge is 0.397 e. The summed E-state index contributed by atoms with van der Waals surface area (Å²) < 4.78 is 0. The lowest BCUT2D eigenvalue weighted by Gasteiger charge is -1.52. The molecule has 1 aromatic rings. The Morgan fingerprint density at radius 3 is 2.33 bits per heavy atom. The molecule has 0 aliphatic heterocycles. The third kappa shape index (κ3) is 11.2. The standard InChI is InChI=1S/C3H4N2.C2H6O.ClH/c1-2-5-3-4-1;1-2-3;/h1-3H,(H,4,5);3H,2H2,1H3;1H. The minimum Gasteiger partial charge on any atom is -0.397 e. The van der Waals surface area contributed by atoms with Crippen LogP contribution in [0, 0.1) is 0 Å². The first kappa shape index (κ1) is 11.3. The first-order valence-electron chi connectivity index (χ1n) is 2.45. The molecule has 0 amide bonds. The van der Waals surface area contributed by atoms with E-state index in [-0.39, 0.29) is 19.0 Å². The van der Waals surface area contributed by atoms with Crippen LogP contribution in [-0.4, -0.2) is 21.7 Å². The fourth-order valence-corrected chi connectivity index (χ4v) is 0.215. The Morgan fingerprint density at radius 2 is 2.22 bits per heavy atom. The van der Waals surface area contributed by atoms with Gasteiger partial charge in [0.05, 0.1) is 6.33 Å². The number of aliphatic hydroxyl groups excluding tert-OH is 1. The summed E-state index contributed by atoms with van der Waals surface area (Å²) in [6.45, 7) is 1.93. The highest BCUT2D eigenvalue weighted by Crippen LogP contribution is 1.62. The summed E-state index contributed by atoms with van der Waals surface area (Å²) in [5, 5.41) is 7.57. The van der Waals surface area contributed by atoms with Gasteiger partial charge in [-0.05, 0) is 6.92 Å². The van der Waals surface area contributed by atoms with Crippen molar-refractivity contribution in [3.05, 3.63) is 18.7 Å². The third-order valence-electron chi connectivity index (χ3n) is 0.406. The molecule has 0 aromatic carbocycles. The van der Waals surface area contributed by atoms with E-state index in [0.29, 0.717) is 0 Å². The molecule has 0 aliphatic carbocycles. The summed E-state index contributed by atoms with van der Waals surface area (Å²) in [5.74, 6) is 0. The summed E-state index contributed by atoms with van der Waals surface area (Å²) in [7, 11) is 0. The van der Waals surface area contributed by atoms with Gasteiger partial charge >= 0.3 is 0 Å². The molecule has 4 heteroatoms. The van der Waals surface area contributed by atoms with Crippen LogP contribution in [0.15, 0.2) is 18.7 Å². The van der Waals surface area contributed by atoms with E-state index in [1.54, 1.807) is 25.6 Å². The molecule has 1 rings (SSSR count). The van der Waals surface area contributed by atoms with Crippen LogP contribution in [-0.2, 0) is 0 Å². The molecule has 0 spiro atoms. The Labute approximate surface area is 60.5 Å². The Balaban J connectivity index is 0. The van der Waals surface area contributed by atoms with Crippen LogP contribution in [0.25, 0.3) is 0 Å². The zero-order valence-corrected chi connectivity index (χ0v) is 6.06. The highest BCUT2D eigenvalue weighted by atomic mass is 35.5. The van der Waals surface area contributed by atoms with Crippen molar-refractivity contribution < 1.29 is 5.11 Å². The van der Waals surface area contributed by atoms with Crippen LogP contribution < -0.4 is 0 Å². The molecular weight excluding hydrogens is 140 g/mol. The molecule has 0 unspecified atom stereocenters. The zero-order valence-electron chi connectivity index (χ0n) is 5.24. The monoisotopic (exact) mass is 150 g/mol. The van der Waals surface area contributed by atoms with Crippen LogP contribution in [0.1, 0.15) is 6.92 Å². The van der Waals surface area contributed by atoms with E-state index in [0.717, 1.165) is 0 Å². The molecule has 0 bridgehead atoms. The molecule has 0 fully saturated rings. The second-order valence-corrected chi connectivity index (χ2v) is 1.08. The maximum atomic E-state index is 7.57. The number of aliphatic hydroxyl groups is 1. The zero-order chi connectivity index (χ0) is 6.24. The summed E-state index contributed by atoms with van der Waals surface area (Å²) in [4.78, 5) is 6.42. The second-order valence-electron chi connectivity index (χ2n) is 1.08. The minimum absolute atomic E-state index is 0. The van der Waals surface area contributed by atoms with Crippen molar-refractivity contribution in [2.45, 2.75) is 6.92 Å². The predicted octanol–water partition coefficient (Wildman–Crippen LogP) is 0.830. The molecule has 3 nitrogen and oxygen atoms in total. The van der Waals surface area contributed by atoms with Crippen LogP contribution in [0.4, 0.5) is 0 Å². The van der Waals surface area contributed by atoms with Crippen molar-refractivity contribution in [3.63, 3.8) is 0 Å². The Kier molecular flexibility index (Phi) is 13.1. The minimum atomic E-state index is 0. The number of halogens is 1. The van der Waals surface area contributed by atoms with Gasteiger partial charge in [-0.25, -0.2) is 4.98 Å². The topological polar surface area (TPSA) is 48.9 Å². The number of rotatable bonds is 0. The van der Waals surface area contributed by atoms with Gasteiger partial charge in [0.2, 0.25) is 0 Å². The second kappa shape index (κ2) is 10.4. The number of H-pyrrole nitrogens is 1. The molecule has 1 heterocycles. The average molecular weight is 151 g/mol. The van der Waals surface area contributed by atoms with Gasteiger partial charge in [0, 0.05) is 19.0 Å². The molecule has 0 saturated carbocycles. The van der Waals surface area contributed by atoms with Gasteiger partial charge in [-0.15, -0.1) is 12.4 Å².